The van der Waals surface area contributed by atoms with Gasteiger partial charge in [0.1, 0.15) is 23.4 Å². The second kappa shape index (κ2) is 10.0. The first-order chi connectivity index (χ1) is 15.1. The summed E-state index contributed by atoms with van der Waals surface area (Å²) in [6, 6.07) is 17.6. The minimum atomic E-state index is -0.0113. The summed E-state index contributed by atoms with van der Waals surface area (Å²) < 4.78 is 12.6. The Balaban J connectivity index is 1.57. The van der Waals surface area contributed by atoms with Crippen LogP contribution in [0.5, 0.6) is 11.5 Å². The summed E-state index contributed by atoms with van der Waals surface area (Å²) in [5.41, 5.74) is 0.920. The Morgan fingerprint density at radius 2 is 1.71 bits per heavy atom. The molecular formula is C27H33NO3. The number of rotatable bonds is 8. The molecule has 0 saturated heterocycles. The average Bonchev–Trinajstić information content (AvgIpc) is 3.24. The first-order valence-corrected chi connectivity index (χ1v) is 11.6. The maximum Gasteiger partial charge on any atom is 0.202 e. The standard InChI is InChI=1S/C27H33NO3/c1-19(2)25(30-21-13-7-4-8-14-21)17-22-18-28-27(31-22)26(20-11-5-3-6-12-20)23-15-9-10-16-24(23)29/h4,7-10,13-16,18-20,25-26,29H,3,5-6,11-12,17H2,1-2H3/t25?,26-/m1/s1. The highest BCUT2D eigenvalue weighted by Crippen LogP contribution is 2.43. The molecule has 3 aromatic rings. The molecule has 1 aromatic heterocycles. The number of oxazole rings is 1. The minimum absolute atomic E-state index is 0.00135. The Hall–Kier alpha value is -2.75. The molecule has 164 valence electrons. The number of aromatic nitrogens is 1. The highest BCUT2D eigenvalue weighted by molar-refractivity contribution is 5.38. The Labute approximate surface area is 185 Å². The molecule has 2 aromatic carbocycles. The Bertz CT molecular complexity index is 944. The third-order valence-electron chi connectivity index (χ3n) is 6.41. The Morgan fingerprint density at radius 1 is 1.00 bits per heavy atom. The van der Waals surface area contributed by atoms with Crippen molar-refractivity contribution in [2.24, 2.45) is 11.8 Å². The third kappa shape index (κ3) is 5.30. The van der Waals surface area contributed by atoms with Crippen LogP contribution in [0, 0.1) is 11.8 Å². The van der Waals surface area contributed by atoms with E-state index in [0.717, 1.165) is 29.9 Å². The van der Waals surface area contributed by atoms with Crippen LogP contribution in [0.2, 0.25) is 0 Å². The molecule has 0 radical (unpaired) electrons. The molecule has 4 nitrogen and oxygen atoms in total. The number of aromatic hydroxyl groups is 1. The second-order valence-electron chi connectivity index (χ2n) is 9.02. The van der Waals surface area contributed by atoms with Gasteiger partial charge in [-0.3, -0.25) is 0 Å². The minimum Gasteiger partial charge on any atom is -0.508 e. The summed E-state index contributed by atoms with van der Waals surface area (Å²) in [5, 5.41) is 10.6. The van der Waals surface area contributed by atoms with Gasteiger partial charge in [0.25, 0.3) is 0 Å². The van der Waals surface area contributed by atoms with E-state index < -0.39 is 0 Å². The first-order valence-electron chi connectivity index (χ1n) is 11.6. The van der Waals surface area contributed by atoms with Gasteiger partial charge in [-0.2, -0.15) is 0 Å². The van der Waals surface area contributed by atoms with Crippen molar-refractivity contribution < 1.29 is 14.3 Å². The number of phenolic OH excluding ortho intramolecular Hbond substituents is 1. The van der Waals surface area contributed by atoms with Crippen LogP contribution in [0.3, 0.4) is 0 Å². The van der Waals surface area contributed by atoms with Gasteiger partial charge in [0, 0.05) is 12.0 Å². The molecule has 1 fully saturated rings. The molecule has 4 rings (SSSR count). The molecule has 1 unspecified atom stereocenters. The molecule has 31 heavy (non-hydrogen) atoms. The van der Waals surface area contributed by atoms with E-state index in [1.54, 1.807) is 6.07 Å². The zero-order chi connectivity index (χ0) is 21.6. The predicted molar refractivity (Wildman–Crippen MR) is 122 cm³/mol. The van der Waals surface area contributed by atoms with Crippen molar-refractivity contribution in [2.75, 3.05) is 0 Å². The lowest BCUT2D eigenvalue weighted by Gasteiger charge is -2.29. The highest BCUT2D eigenvalue weighted by atomic mass is 16.5. The number of phenols is 1. The third-order valence-corrected chi connectivity index (χ3v) is 6.41. The van der Waals surface area contributed by atoms with E-state index in [9.17, 15) is 5.11 Å². The van der Waals surface area contributed by atoms with Gasteiger partial charge < -0.3 is 14.3 Å². The smallest absolute Gasteiger partial charge is 0.202 e. The fraction of sp³-hybridized carbons (Fsp3) is 0.444. The zero-order valence-electron chi connectivity index (χ0n) is 18.5. The molecule has 1 heterocycles. The molecule has 0 aliphatic heterocycles. The van der Waals surface area contributed by atoms with E-state index in [-0.39, 0.29) is 12.0 Å². The fourth-order valence-electron chi connectivity index (χ4n) is 4.65. The second-order valence-corrected chi connectivity index (χ2v) is 9.02. The van der Waals surface area contributed by atoms with Crippen LogP contribution in [-0.4, -0.2) is 16.2 Å². The van der Waals surface area contributed by atoms with Crippen molar-refractivity contribution in [1.82, 2.24) is 4.98 Å². The zero-order valence-corrected chi connectivity index (χ0v) is 18.5. The summed E-state index contributed by atoms with van der Waals surface area (Å²) in [7, 11) is 0. The maximum atomic E-state index is 10.6. The van der Waals surface area contributed by atoms with Crippen LogP contribution >= 0.6 is 0 Å². The average molecular weight is 420 g/mol. The van der Waals surface area contributed by atoms with Crippen LogP contribution in [0.1, 0.15) is 69.1 Å². The van der Waals surface area contributed by atoms with Gasteiger partial charge in [-0.05, 0) is 42.9 Å². The number of hydrogen-bond acceptors (Lipinski definition) is 4. The van der Waals surface area contributed by atoms with Crippen molar-refractivity contribution in [3.05, 3.63) is 78.0 Å². The number of hydrogen-bond donors (Lipinski definition) is 1. The lowest BCUT2D eigenvalue weighted by Crippen LogP contribution is -2.25. The van der Waals surface area contributed by atoms with Crippen molar-refractivity contribution in [1.29, 1.82) is 0 Å². The first kappa shape index (κ1) is 21.5. The van der Waals surface area contributed by atoms with Gasteiger partial charge in [-0.1, -0.05) is 69.5 Å². The summed E-state index contributed by atoms with van der Waals surface area (Å²) in [6.07, 6.45) is 8.53. The topological polar surface area (TPSA) is 55.5 Å². The van der Waals surface area contributed by atoms with E-state index in [2.05, 4.69) is 13.8 Å². The molecule has 0 amide bonds. The van der Waals surface area contributed by atoms with Gasteiger partial charge in [0.15, 0.2) is 0 Å². The van der Waals surface area contributed by atoms with Crippen LogP contribution in [0.15, 0.2) is 65.2 Å². The highest BCUT2D eigenvalue weighted by Gasteiger charge is 2.32. The summed E-state index contributed by atoms with van der Waals surface area (Å²) in [4.78, 5) is 4.70. The monoisotopic (exact) mass is 419 g/mol. The Morgan fingerprint density at radius 3 is 2.42 bits per heavy atom. The molecule has 4 heteroatoms. The van der Waals surface area contributed by atoms with E-state index in [1.165, 1.54) is 19.3 Å². The van der Waals surface area contributed by atoms with Crippen LogP contribution in [-0.2, 0) is 6.42 Å². The maximum absolute atomic E-state index is 10.6. The van der Waals surface area contributed by atoms with E-state index in [1.807, 2.05) is 54.7 Å². The van der Waals surface area contributed by atoms with Crippen LogP contribution in [0.4, 0.5) is 0 Å². The van der Waals surface area contributed by atoms with Gasteiger partial charge in [0.05, 0.1) is 12.1 Å². The molecule has 0 bridgehead atoms. The predicted octanol–water partition coefficient (Wildman–Crippen LogP) is 6.74. The number of benzene rings is 2. The molecule has 1 aliphatic carbocycles. The van der Waals surface area contributed by atoms with Gasteiger partial charge in [-0.25, -0.2) is 4.98 Å². The molecular weight excluding hydrogens is 386 g/mol. The Kier molecular flexibility index (Phi) is 6.96. The van der Waals surface area contributed by atoms with E-state index >= 15 is 0 Å². The summed E-state index contributed by atoms with van der Waals surface area (Å²) >= 11 is 0. The van der Waals surface area contributed by atoms with Crippen molar-refractivity contribution in [3.8, 4) is 11.5 Å². The fourth-order valence-corrected chi connectivity index (χ4v) is 4.65. The summed E-state index contributed by atoms with van der Waals surface area (Å²) in [5.74, 6) is 3.51. The molecule has 1 saturated carbocycles. The largest absolute Gasteiger partial charge is 0.508 e. The van der Waals surface area contributed by atoms with Crippen molar-refractivity contribution in [2.45, 2.75) is 64.4 Å². The lowest BCUT2D eigenvalue weighted by atomic mass is 9.76. The molecule has 1 aliphatic rings. The van der Waals surface area contributed by atoms with E-state index in [4.69, 9.17) is 14.1 Å². The molecule has 0 spiro atoms. The number of ether oxygens (including phenoxy) is 1. The van der Waals surface area contributed by atoms with Crippen LogP contribution < -0.4 is 4.74 Å². The lowest BCUT2D eigenvalue weighted by molar-refractivity contribution is 0.144. The van der Waals surface area contributed by atoms with Gasteiger partial charge >= 0.3 is 0 Å². The van der Waals surface area contributed by atoms with Crippen LogP contribution in [0.25, 0.3) is 0 Å². The number of para-hydroxylation sites is 2. The van der Waals surface area contributed by atoms with Gasteiger partial charge in [0.2, 0.25) is 5.89 Å². The normalized spacial score (nSPS) is 16.9. The van der Waals surface area contributed by atoms with Crippen molar-refractivity contribution in [3.63, 3.8) is 0 Å². The van der Waals surface area contributed by atoms with Crippen molar-refractivity contribution >= 4 is 0 Å². The summed E-state index contributed by atoms with van der Waals surface area (Å²) in [6.45, 7) is 4.33. The molecule has 2 atom stereocenters. The SMILES string of the molecule is CC(C)C(Cc1cnc([C@@H](c2ccccc2O)C2CCCCC2)o1)Oc1ccccc1. The molecule has 1 N–H and O–H groups in total. The van der Waals surface area contributed by atoms with Gasteiger partial charge in [-0.15, -0.1) is 0 Å². The number of nitrogens with zero attached hydrogens (tertiary/aromatic N) is 1. The quantitative estimate of drug-likeness (QED) is 0.439. The van der Waals surface area contributed by atoms with E-state index in [0.29, 0.717) is 29.9 Å².